The number of rotatable bonds is 3. The molecule has 1 aliphatic heterocycles. The Morgan fingerprint density at radius 3 is 2.71 bits per heavy atom. The van der Waals surface area contributed by atoms with Crippen molar-refractivity contribution in [2.45, 2.75) is 32.0 Å². The summed E-state index contributed by atoms with van der Waals surface area (Å²) in [6.07, 6.45) is -4.04. The van der Waals surface area contributed by atoms with E-state index in [2.05, 4.69) is 14.7 Å². The molecule has 0 saturated carbocycles. The van der Waals surface area contributed by atoms with E-state index in [-0.39, 0.29) is 17.6 Å². The third-order valence-electron chi connectivity index (χ3n) is 4.83. The summed E-state index contributed by atoms with van der Waals surface area (Å²) in [4.78, 5) is 19.2. The largest absolute Gasteiger partial charge is 0.471 e. The van der Waals surface area contributed by atoms with Crippen molar-refractivity contribution in [3.05, 3.63) is 57.6 Å². The maximum Gasteiger partial charge on any atom is 0.471 e. The molecule has 1 unspecified atom stereocenters. The van der Waals surface area contributed by atoms with Crippen molar-refractivity contribution >= 4 is 17.2 Å². The van der Waals surface area contributed by atoms with Crippen LogP contribution in [0.25, 0.3) is 11.4 Å². The van der Waals surface area contributed by atoms with Gasteiger partial charge in [0.05, 0.1) is 5.92 Å². The zero-order valence-electron chi connectivity index (χ0n) is 14.9. The average molecular weight is 407 g/mol. The van der Waals surface area contributed by atoms with Gasteiger partial charge in [-0.1, -0.05) is 35.5 Å². The fraction of sp³-hybridized carbons (Fsp3) is 0.316. The summed E-state index contributed by atoms with van der Waals surface area (Å²) < 4.78 is 42.6. The summed E-state index contributed by atoms with van der Waals surface area (Å²) in [5.74, 6) is -1.79. The molecule has 0 bridgehead atoms. The molecule has 0 spiro atoms. The van der Waals surface area contributed by atoms with E-state index >= 15 is 0 Å². The Balaban J connectivity index is 1.58. The number of carbonyl (C=O) groups excluding carboxylic acids is 1. The van der Waals surface area contributed by atoms with Crippen LogP contribution < -0.4 is 0 Å². The van der Waals surface area contributed by atoms with E-state index in [1.165, 1.54) is 11.3 Å². The molecule has 0 aliphatic carbocycles. The van der Waals surface area contributed by atoms with Crippen LogP contribution in [0.5, 0.6) is 0 Å². The van der Waals surface area contributed by atoms with Gasteiger partial charge in [-0.2, -0.15) is 18.2 Å². The zero-order chi connectivity index (χ0) is 19.9. The number of aromatic nitrogens is 2. The third kappa shape index (κ3) is 3.42. The van der Waals surface area contributed by atoms with Crippen LogP contribution in [-0.4, -0.2) is 27.5 Å². The molecule has 4 rings (SSSR count). The number of hydrogen-bond acceptors (Lipinski definition) is 5. The minimum Gasteiger partial charge on any atom is -0.337 e. The fourth-order valence-electron chi connectivity index (χ4n) is 3.29. The summed E-state index contributed by atoms with van der Waals surface area (Å²) in [6.45, 7) is 2.75. The van der Waals surface area contributed by atoms with E-state index in [1.807, 2.05) is 37.3 Å². The van der Waals surface area contributed by atoms with Crippen molar-refractivity contribution in [2.75, 3.05) is 6.54 Å². The van der Waals surface area contributed by atoms with Crippen LogP contribution in [0.3, 0.4) is 0 Å². The smallest absolute Gasteiger partial charge is 0.337 e. The number of carbonyl (C=O) groups is 1. The molecule has 1 atom stereocenters. The van der Waals surface area contributed by atoms with Crippen molar-refractivity contribution in [3.63, 3.8) is 0 Å². The first-order chi connectivity index (χ1) is 13.3. The Morgan fingerprint density at radius 1 is 1.29 bits per heavy atom. The molecule has 2 aromatic heterocycles. The summed E-state index contributed by atoms with van der Waals surface area (Å²) in [5, 5.41) is 5.21. The highest BCUT2D eigenvalue weighted by Gasteiger charge is 2.39. The maximum atomic E-state index is 12.9. The number of thiophene rings is 1. The van der Waals surface area contributed by atoms with E-state index in [0.29, 0.717) is 25.1 Å². The third-order valence-corrected chi connectivity index (χ3v) is 5.92. The number of amides is 1. The van der Waals surface area contributed by atoms with E-state index in [9.17, 15) is 18.0 Å². The van der Waals surface area contributed by atoms with Gasteiger partial charge >= 0.3 is 12.1 Å². The SMILES string of the molecule is CC(C(=O)N1CCc2scc(-c3noc(C(F)(F)F)n3)c2C1)c1ccccc1. The van der Waals surface area contributed by atoms with Crippen LogP contribution >= 0.6 is 11.3 Å². The molecule has 9 heteroatoms. The van der Waals surface area contributed by atoms with Gasteiger partial charge in [0.2, 0.25) is 11.7 Å². The maximum absolute atomic E-state index is 12.9. The summed E-state index contributed by atoms with van der Waals surface area (Å²) in [5.41, 5.74) is 2.21. The number of alkyl halides is 3. The Bertz CT molecular complexity index is 998. The summed E-state index contributed by atoms with van der Waals surface area (Å²) in [6, 6.07) is 9.49. The Kier molecular flexibility index (Phi) is 4.70. The van der Waals surface area contributed by atoms with Crippen LogP contribution in [0, 0.1) is 0 Å². The van der Waals surface area contributed by atoms with Crippen LogP contribution in [0.1, 0.15) is 34.7 Å². The molecule has 28 heavy (non-hydrogen) atoms. The van der Waals surface area contributed by atoms with E-state index < -0.39 is 12.1 Å². The van der Waals surface area contributed by atoms with Gasteiger partial charge in [-0.25, -0.2) is 0 Å². The number of fused-ring (bicyclic) bond motifs is 1. The molecule has 0 radical (unpaired) electrons. The van der Waals surface area contributed by atoms with Gasteiger partial charge in [-0.15, -0.1) is 11.3 Å². The van der Waals surface area contributed by atoms with Gasteiger partial charge in [-0.05, 0) is 24.5 Å². The van der Waals surface area contributed by atoms with Crippen molar-refractivity contribution in [1.82, 2.24) is 15.0 Å². The van der Waals surface area contributed by atoms with Crippen molar-refractivity contribution in [2.24, 2.45) is 0 Å². The molecular formula is C19H16F3N3O2S. The van der Waals surface area contributed by atoms with Crippen LogP contribution in [-0.2, 0) is 23.9 Å². The lowest BCUT2D eigenvalue weighted by molar-refractivity contribution is -0.159. The molecule has 1 aliphatic rings. The number of nitrogens with zero attached hydrogens (tertiary/aromatic N) is 3. The predicted molar refractivity (Wildman–Crippen MR) is 96.6 cm³/mol. The average Bonchev–Trinajstić information content (AvgIpc) is 3.33. The van der Waals surface area contributed by atoms with Gasteiger partial charge in [-0.3, -0.25) is 4.79 Å². The first-order valence-electron chi connectivity index (χ1n) is 8.69. The van der Waals surface area contributed by atoms with Crippen molar-refractivity contribution < 1.29 is 22.5 Å². The van der Waals surface area contributed by atoms with Gasteiger partial charge in [0.1, 0.15) is 0 Å². The highest BCUT2D eigenvalue weighted by atomic mass is 32.1. The standard InChI is InChI=1S/C19H16F3N3O2S/c1-11(12-5-3-2-4-6-12)17(26)25-8-7-15-13(9-25)14(10-28-15)16-23-18(27-24-16)19(20,21)22/h2-6,10-11H,7-9H2,1H3. The molecular weight excluding hydrogens is 391 g/mol. The van der Waals surface area contributed by atoms with Crippen LogP contribution in [0.2, 0.25) is 0 Å². The predicted octanol–water partition coefficient (Wildman–Crippen LogP) is 4.51. The van der Waals surface area contributed by atoms with E-state index in [0.717, 1.165) is 16.0 Å². The van der Waals surface area contributed by atoms with E-state index in [1.54, 1.807) is 10.3 Å². The van der Waals surface area contributed by atoms with Gasteiger partial charge < -0.3 is 9.42 Å². The first-order valence-corrected chi connectivity index (χ1v) is 9.57. The topological polar surface area (TPSA) is 59.2 Å². The summed E-state index contributed by atoms with van der Waals surface area (Å²) >= 11 is 1.44. The van der Waals surface area contributed by atoms with E-state index in [4.69, 9.17) is 0 Å². The number of halogens is 3. The Hall–Kier alpha value is -2.68. The Labute approximate surface area is 162 Å². The highest BCUT2D eigenvalue weighted by molar-refractivity contribution is 7.10. The van der Waals surface area contributed by atoms with Crippen molar-refractivity contribution in [1.29, 1.82) is 0 Å². The molecule has 5 nitrogen and oxygen atoms in total. The second-order valence-electron chi connectivity index (χ2n) is 6.61. The van der Waals surface area contributed by atoms with Gasteiger partial charge in [0.15, 0.2) is 0 Å². The first kappa shape index (κ1) is 18.7. The normalized spacial score (nSPS) is 15.4. The lowest BCUT2D eigenvalue weighted by Gasteiger charge is -2.30. The number of hydrogen-bond donors (Lipinski definition) is 0. The van der Waals surface area contributed by atoms with Gasteiger partial charge in [0, 0.05) is 28.9 Å². The number of benzene rings is 1. The fourth-order valence-corrected chi connectivity index (χ4v) is 4.33. The van der Waals surface area contributed by atoms with Crippen LogP contribution in [0.4, 0.5) is 13.2 Å². The highest BCUT2D eigenvalue weighted by Crippen LogP contribution is 2.36. The van der Waals surface area contributed by atoms with Gasteiger partial charge in [0.25, 0.3) is 0 Å². The monoisotopic (exact) mass is 407 g/mol. The zero-order valence-corrected chi connectivity index (χ0v) is 15.7. The molecule has 1 amide bonds. The quantitative estimate of drug-likeness (QED) is 0.641. The lowest BCUT2D eigenvalue weighted by atomic mass is 9.97. The second kappa shape index (κ2) is 7.05. The molecule has 1 aromatic carbocycles. The molecule has 3 heterocycles. The second-order valence-corrected chi connectivity index (χ2v) is 7.58. The van der Waals surface area contributed by atoms with Crippen LogP contribution in [0.15, 0.2) is 40.2 Å². The molecule has 3 aromatic rings. The molecule has 146 valence electrons. The summed E-state index contributed by atoms with van der Waals surface area (Å²) in [7, 11) is 0. The minimum atomic E-state index is -4.69. The lowest BCUT2D eigenvalue weighted by Crippen LogP contribution is -2.38. The molecule has 0 N–H and O–H groups in total. The Morgan fingerprint density at radius 2 is 2.04 bits per heavy atom. The molecule has 0 saturated heterocycles. The van der Waals surface area contributed by atoms with Crippen molar-refractivity contribution in [3.8, 4) is 11.4 Å². The molecule has 0 fully saturated rings. The minimum absolute atomic E-state index is 0.0157.